The van der Waals surface area contributed by atoms with Crippen LogP contribution in [0.3, 0.4) is 0 Å². The highest BCUT2D eigenvalue weighted by atomic mass is 16.3. The molecule has 0 saturated heterocycles. The van der Waals surface area contributed by atoms with Gasteiger partial charge in [0.25, 0.3) is 0 Å². The number of hydrogen-bond donors (Lipinski definition) is 1. The van der Waals surface area contributed by atoms with Crippen molar-refractivity contribution in [2.45, 2.75) is 59.5 Å². The number of fused-ring (bicyclic) bond motifs is 1. The van der Waals surface area contributed by atoms with Gasteiger partial charge in [-0.15, -0.1) is 0 Å². The molecule has 0 aliphatic heterocycles. The summed E-state index contributed by atoms with van der Waals surface area (Å²) in [5, 5.41) is 9.78. The van der Waals surface area contributed by atoms with Gasteiger partial charge in [0, 0.05) is 0 Å². The van der Waals surface area contributed by atoms with Crippen molar-refractivity contribution in [3.8, 4) is 0 Å². The molecular weight excluding hydrogens is 208 g/mol. The quantitative estimate of drug-likeness (QED) is 0.727. The fourth-order valence-corrected chi connectivity index (χ4v) is 2.82. The lowest BCUT2D eigenvalue weighted by Gasteiger charge is -2.21. The second-order valence-electron chi connectivity index (χ2n) is 6.32. The smallest absolute Gasteiger partial charge is 0.0764 e. The fourth-order valence-electron chi connectivity index (χ4n) is 2.82. The van der Waals surface area contributed by atoms with Crippen LogP contribution >= 0.6 is 0 Å². The monoisotopic (exact) mass is 232 g/mol. The lowest BCUT2D eigenvalue weighted by molar-refractivity contribution is 0.198. The minimum atomic E-state index is -0.350. The van der Waals surface area contributed by atoms with E-state index in [0.29, 0.717) is 5.41 Å². The third-order valence-corrected chi connectivity index (χ3v) is 4.18. The van der Waals surface area contributed by atoms with Crippen LogP contribution in [0.5, 0.6) is 0 Å². The average molecular weight is 232 g/mol. The predicted octanol–water partition coefficient (Wildman–Crippen LogP) is 3.95. The minimum Gasteiger partial charge on any atom is -0.389 e. The molecule has 1 aliphatic rings. The van der Waals surface area contributed by atoms with Crippen LogP contribution in [0.1, 0.15) is 62.0 Å². The summed E-state index contributed by atoms with van der Waals surface area (Å²) in [7, 11) is 0. The first-order valence-electron chi connectivity index (χ1n) is 6.69. The van der Waals surface area contributed by atoms with Gasteiger partial charge in [0.2, 0.25) is 0 Å². The number of aliphatic hydroxyl groups excluding tert-OH is 1. The Morgan fingerprint density at radius 3 is 2.18 bits per heavy atom. The van der Waals surface area contributed by atoms with E-state index in [4.69, 9.17) is 0 Å². The second-order valence-corrected chi connectivity index (χ2v) is 6.32. The van der Waals surface area contributed by atoms with Crippen molar-refractivity contribution < 1.29 is 5.11 Å². The Morgan fingerprint density at radius 1 is 1.12 bits per heavy atom. The molecular formula is C16H24O. The van der Waals surface area contributed by atoms with Crippen molar-refractivity contribution in [2.24, 2.45) is 5.41 Å². The van der Waals surface area contributed by atoms with Crippen LogP contribution in [0.15, 0.2) is 12.1 Å². The molecule has 1 atom stereocenters. The minimum absolute atomic E-state index is 0.350. The second kappa shape index (κ2) is 4.45. The van der Waals surface area contributed by atoms with Crippen molar-refractivity contribution in [3.63, 3.8) is 0 Å². The SMILES string of the molecule is Cc1cc2c(cc1C(C)O)CCC(C)(C)CC2. The van der Waals surface area contributed by atoms with Gasteiger partial charge < -0.3 is 5.11 Å². The number of aliphatic hydroxyl groups is 1. The first-order valence-corrected chi connectivity index (χ1v) is 6.69. The molecule has 1 aromatic rings. The molecule has 17 heavy (non-hydrogen) atoms. The highest BCUT2D eigenvalue weighted by Gasteiger charge is 2.23. The number of benzene rings is 1. The molecule has 0 fully saturated rings. The summed E-state index contributed by atoms with van der Waals surface area (Å²) < 4.78 is 0. The maximum Gasteiger partial charge on any atom is 0.0764 e. The standard InChI is InChI=1S/C16H24O/c1-11-9-13-5-7-16(3,4)8-6-14(13)10-15(11)12(2)17/h9-10,12,17H,5-8H2,1-4H3. The van der Waals surface area contributed by atoms with Gasteiger partial charge in [-0.05, 0) is 67.2 Å². The van der Waals surface area contributed by atoms with E-state index in [1.54, 1.807) is 0 Å². The van der Waals surface area contributed by atoms with E-state index in [2.05, 4.69) is 32.9 Å². The van der Waals surface area contributed by atoms with Crippen LogP contribution in [0.25, 0.3) is 0 Å². The van der Waals surface area contributed by atoms with Crippen molar-refractivity contribution in [3.05, 3.63) is 34.4 Å². The molecule has 0 radical (unpaired) electrons. The molecule has 0 saturated carbocycles. The molecule has 1 unspecified atom stereocenters. The summed E-state index contributed by atoms with van der Waals surface area (Å²) in [5.74, 6) is 0. The molecule has 0 heterocycles. The molecule has 0 spiro atoms. The highest BCUT2D eigenvalue weighted by molar-refractivity contribution is 5.39. The topological polar surface area (TPSA) is 20.2 Å². The van der Waals surface area contributed by atoms with Gasteiger partial charge in [-0.25, -0.2) is 0 Å². The lowest BCUT2D eigenvalue weighted by atomic mass is 9.85. The van der Waals surface area contributed by atoms with Gasteiger partial charge in [-0.1, -0.05) is 26.0 Å². The number of rotatable bonds is 1. The third kappa shape index (κ3) is 2.71. The Labute approximate surface area is 105 Å². The van der Waals surface area contributed by atoms with Gasteiger partial charge >= 0.3 is 0 Å². The van der Waals surface area contributed by atoms with E-state index in [1.165, 1.54) is 36.0 Å². The predicted molar refractivity (Wildman–Crippen MR) is 72.2 cm³/mol. The molecule has 94 valence electrons. The fraction of sp³-hybridized carbons (Fsp3) is 0.625. The van der Waals surface area contributed by atoms with Gasteiger partial charge in [0.15, 0.2) is 0 Å². The first kappa shape index (κ1) is 12.6. The highest BCUT2D eigenvalue weighted by Crippen LogP contribution is 2.35. The van der Waals surface area contributed by atoms with Crippen LogP contribution < -0.4 is 0 Å². The van der Waals surface area contributed by atoms with Crippen molar-refractivity contribution >= 4 is 0 Å². The van der Waals surface area contributed by atoms with Gasteiger partial charge in [0.05, 0.1) is 6.10 Å². The summed E-state index contributed by atoms with van der Waals surface area (Å²) in [6.45, 7) is 8.69. The van der Waals surface area contributed by atoms with Crippen LogP contribution in [0, 0.1) is 12.3 Å². The summed E-state index contributed by atoms with van der Waals surface area (Å²) >= 11 is 0. The summed E-state index contributed by atoms with van der Waals surface area (Å²) in [6, 6.07) is 4.52. The summed E-state index contributed by atoms with van der Waals surface area (Å²) in [6.07, 6.45) is 4.51. The van der Waals surface area contributed by atoms with E-state index >= 15 is 0 Å². The largest absolute Gasteiger partial charge is 0.389 e. The Morgan fingerprint density at radius 2 is 1.65 bits per heavy atom. The van der Waals surface area contributed by atoms with E-state index in [-0.39, 0.29) is 6.10 Å². The lowest BCUT2D eigenvalue weighted by Crippen LogP contribution is -2.10. The van der Waals surface area contributed by atoms with Crippen LogP contribution in [0.2, 0.25) is 0 Å². The molecule has 1 nitrogen and oxygen atoms in total. The maximum atomic E-state index is 9.78. The molecule has 0 aromatic heterocycles. The molecule has 1 aliphatic carbocycles. The van der Waals surface area contributed by atoms with E-state index < -0.39 is 0 Å². The van der Waals surface area contributed by atoms with Crippen LogP contribution in [-0.2, 0) is 12.8 Å². The van der Waals surface area contributed by atoms with E-state index in [0.717, 1.165) is 12.0 Å². The molecule has 1 N–H and O–H groups in total. The van der Waals surface area contributed by atoms with Crippen LogP contribution in [-0.4, -0.2) is 5.11 Å². The Kier molecular flexibility index (Phi) is 3.31. The van der Waals surface area contributed by atoms with Crippen molar-refractivity contribution in [2.75, 3.05) is 0 Å². The Hall–Kier alpha value is -0.820. The molecule has 1 aromatic carbocycles. The zero-order valence-corrected chi connectivity index (χ0v) is 11.5. The van der Waals surface area contributed by atoms with Crippen LogP contribution in [0.4, 0.5) is 0 Å². The molecule has 2 rings (SSSR count). The van der Waals surface area contributed by atoms with E-state index in [9.17, 15) is 5.11 Å². The average Bonchev–Trinajstić information content (AvgIpc) is 2.37. The van der Waals surface area contributed by atoms with Crippen molar-refractivity contribution in [1.82, 2.24) is 0 Å². The van der Waals surface area contributed by atoms with Gasteiger partial charge in [-0.3, -0.25) is 0 Å². The molecule has 0 amide bonds. The zero-order valence-electron chi connectivity index (χ0n) is 11.5. The summed E-state index contributed by atoms with van der Waals surface area (Å²) in [5.41, 5.74) is 5.74. The number of hydrogen-bond acceptors (Lipinski definition) is 1. The molecule has 0 bridgehead atoms. The van der Waals surface area contributed by atoms with Crippen molar-refractivity contribution in [1.29, 1.82) is 0 Å². The maximum absolute atomic E-state index is 9.78. The summed E-state index contributed by atoms with van der Waals surface area (Å²) in [4.78, 5) is 0. The molecule has 1 heteroatoms. The van der Waals surface area contributed by atoms with E-state index in [1.807, 2.05) is 6.92 Å². The van der Waals surface area contributed by atoms with Gasteiger partial charge in [-0.2, -0.15) is 0 Å². The normalized spacial score (nSPS) is 20.5. The zero-order chi connectivity index (χ0) is 12.6. The van der Waals surface area contributed by atoms with Gasteiger partial charge in [0.1, 0.15) is 0 Å². The Balaban J connectivity index is 2.38. The first-order chi connectivity index (χ1) is 7.89. The third-order valence-electron chi connectivity index (χ3n) is 4.18. The Bertz CT molecular complexity index is 416. The number of aryl methyl sites for hydroxylation is 3.